The second-order valence-electron chi connectivity index (χ2n) is 22.4. The summed E-state index contributed by atoms with van der Waals surface area (Å²) in [5.74, 6) is -0.136. The molecule has 12 aromatic rings. The molecule has 0 radical (unpaired) electrons. The quantitative estimate of drug-likeness (QED) is 0.0258. The number of halogens is 3. The van der Waals surface area contributed by atoms with Crippen molar-refractivity contribution in [2.24, 2.45) is 5.73 Å². The van der Waals surface area contributed by atoms with E-state index in [0.29, 0.717) is 59.2 Å². The van der Waals surface area contributed by atoms with Gasteiger partial charge in [-0.2, -0.15) is 0 Å². The molecule has 0 saturated carbocycles. The fourth-order valence-corrected chi connectivity index (χ4v) is 10.5. The first-order chi connectivity index (χ1) is 46.9. The first-order valence-corrected chi connectivity index (χ1v) is 31.7. The monoisotopic (exact) mass is 1360 g/mol. The smallest absolute Gasteiger partial charge is 0.504 e. The first-order valence-electron chi connectivity index (χ1n) is 30.5. The molecule has 1 aliphatic rings. The molecule has 4 amide bonds. The van der Waals surface area contributed by atoms with Gasteiger partial charge in [-0.05, 0) is 141 Å². The number of benzene rings is 6. The Morgan fingerprint density at radius 3 is 1.32 bits per heavy atom. The number of carbonyl (C=O) groups excluding carboxylic acids is 3. The molecule has 0 bridgehead atoms. The molecule has 6 aromatic heterocycles. The Labute approximate surface area is 575 Å². The number of fused-ring (bicyclic) bond motifs is 3. The maximum atomic E-state index is 13.2. The molecule has 3 atom stereocenters. The first kappa shape index (κ1) is 70.3. The van der Waals surface area contributed by atoms with Crippen LogP contribution in [0.2, 0.25) is 15.1 Å². The highest BCUT2D eigenvalue weighted by Crippen LogP contribution is 2.40. The van der Waals surface area contributed by atoms with E-state index in [-0.39, 0.29) is 40.4 Å². The molecule has 0 aliphatic carbocycles. The third-order valence-corrected chi connectivity index (χ3v) is 15.2. The Bertz CT molecular complexity index is 4430. The van der Waals surface area contributed by atoms with Gasteiger partial charge in [0.2, 0.25) is 0 Å². The summed E-state index contributed by atoms with van der Waals surface area (Å²) in [7, 11) is 0. The maximum absolute atomic E-state index is 13.2. The van der Waals surface area contributed by atoms with Gasteiger partial charge in [-0.1, -0.05) is 144 Å². The van der Waals surface area contributed by atoms with E-state index < -0.39 is 35.9 Å². The van der Waals surface area contributed by atoms with E-state index in [1.54, 1.807) is 94.2 Å². The second kappa shape index (κ2) is 34.4. The molecule has 10 N–H and O–H groups in total. The Kier molecular flexibility index (Phi) is 25.0. The fourth-order valence-electron chi connectivity index (χ4n) is 9.74. The zero-order valence-electron chi connectivity index (χ0n) is 52.9. The molecule has 13 rings (SSSR count). The molecule has 494 valence electrons. The normalized spacial score (nSPS) is 12.4. The zero-order chi connectivity index (χ0) is 68.7. The predicted molar refractivity (Wildman–Crippen MR) is 381 cm³/mol. The van der Waals surface area contributed by atoms with E-state index in [2.05, 4.69) is 51.2 Å². The van der Waals surface area contributed by atoms with Crippen LogP contribution in [0.15, 0.2) is 237 Å². The number of nitrogens with one attached hydrogen (secondary N) is 4. The number of anilines is 3. The van der Waals surface area contributed by atoms with Crippen molar-refractivity contribution in [1.29, 1.82) is 0 Å². The largest absolute Gasteiger partial charge is 0.514 e. The lowest BCUT2D eigenvalue weighted by molar-refractivity contribution is 0.0209. The maximum Gasteiger partial charge on any atom is 0.514 e. The number of nitrogen functional groups attached to an aromatic ring is 1. The molecule has 23 heteroatoms. The molecular weight excluding hydrogens is 1290 g/mol. The number of ether oxygens (including phenoxy) is 3. The van der Waals surface area contributed by atoms with Crippen molar-refractivity contribution in [3.05, 3.63) is 286 Å². The minimum atomic E-state index is -0.934. The van der Waals surface area contributed by atoms with Crippen LogP contribution in [-0.2, 0) is 9.47 Å². The van der Waals surface area contributed by atoms with Crippen LogP contribution in [-0.4, -0.2) is 77.1 Å². The molecule has 3 unspecified atom stereocenters. The number of phenols is 2. The SMILES string of the molecule is C1CCOC1.CC(C)(C)OC(=O)Oc1c(NC(=O)NC(c2ccccc2)c2ccccn2)cc(Cl)c2cccnc12.NC(c1ccccc1)c1ccccn1.Nc1cc(Cl)c2cccnc2c1O.O=C(Nc1cc(Cl)c2cccnc2c1O)NC(c1ccccc1)c1ccccn1. The minimum absolute atomic E-state index is 0.0139. The number of rotatable bonds is 11. The summed E-state index contributed by atoms with van der Waals surface area (Å²) in [5, 5.41) is 34.4. The highest BCUT2D eigenvalue weighted by molar-refractivity contribution is 6.37. The van der Waals surface area contributed by atoms with Gasteiger partial charge in [0.05, 0.1) is 67.3 Å². The summed E-state index contributed by atoms with van der Waals surface area (Å²) < 4.78 is 15.8. The summed E-state index contributed by atoms with van der Waals surface area (Å²) in [6, 6.07) is 58.5. The molecule has 0 spiro atoms. The van der Waals surface area contributed by atoms with Gasteiger partial charge >= 0.3 is 18.2 Å². The van der Waals surface area contributed by atoms with E-state index in [0.717, 1.165) is 35.6 Å². The number of amides is 4. The van der Waals surface area contributed by atoms with Crippen LogP contribution >= 0.6 is 34.8 Å². The van der Waals surface area contributed by atoms with Crippen molar-refractivity contribution in [2.45, 2.75) is 57.3 Å². The standard InChI is InChI=1S/C27H25ClN4O4.C22H17ClN4O2.C12H12N2.C9H7ClN2O.C4H8O/c1-27(2,3)36-26(34)35-24-21(16-19(28)18-12-9-15-30-23(18)24)31-25(33)32-22(17-10-5-4-6-11-17)20-13-7-8-14-29-20;23-16-13-18(21(28)20-15(16)9-6-12-25-20)26-22(29)27-19(14-7-2-1-3-8-14)17-10-4-5-11-24-17;13-12(10-6-2-1-3-7-10)11-8-4-5-9-14-11;10-6-4-7(11)9(13)8-5(6)2-1-3-12-8;1-2-4-5-3-1/h4-16,22H,1-3H3,(H2,31,32,33);1-13,19,28H,(H2,26,27,29);1-9,12H,13H2;1-4,13H,11H2;1-4H2. The van der Waals surface area contributed by atoms with Gasteiger partial charge in [0.25, 0.3) is 0 Å². The summed E-state index contributed by atoms with van der Waals surface area (Å²) in [6.07, 6.45) is 11.4. The molecule has 7 heterocycles. The summed E-state index contributed by atoms with van der Waals surface area (Å²) in [4.78, 5) is 63.9. The van der Waals surface area contributed by atoms with Crippen molar-refractivity contribution in [1.82, 2.24) is 40.5 Å². The third kappa shape index (κ3) is 19.8. The van der Waals surface area contributed by atoms with E-state index in [1.807, 2.05) is 140 Å². The number of aromatic hydroxyl groups is 2. The number of phenolic OH excluding ortho intramolecular Hbond substituents is 2. The molecule has 1 aliphatic heterocycles. The van der Waals surface area contributed by atoms with Crippen LogP contribution < -0.4 is 37.5 Å². The second-order valence-corrected chi connectivity index (χ2v) is 23.6. The highest BCUT2D eigenvalue weighted by Gasteiger charge is 2.26. The average Bonchev–Trinajstić information content (AvgIpc) is 0.945. The number of nitrogens with two attached hydrogens (primary N) is 2. The number of hydrogen-bond acceptors (Lipinski definition) is 16. The Morgan fingerprint density at radius 2 is 0.876 bits per heavy atom. The summed E-state index contributed by atoms with van der Waals surface area (Å²) in [6.45, 7) is 7.17. The van der Waals surface area contributed by atoms with Gasteiger partial charge in [-0.3, -0.25) is 29.9 Å². The molecule has 1 fully saturated rings. The molecule has 1 saturated heterocycles. The van der Waals surface area contributed by atoms with E-state index in [4.69, 9.17) is 60.5 Å². The lowest BCUT2D eigenvalue weighted by Crippen LogP contribution is -2.34. The minimum Gasteiger partial charge on any atom is -0.504 e. The lowest BCUT2D eigenvalue weighted by Gasteiger charge is -2.21. The Hall–Kier alpha value is -11.0. The van der Waals surface area contributed by atoms with Crippen LogP contribution in [0.1, 0.15) is 85.5 Å². The van der Waals surface area contributed by atoms with Gasteiger partial charge in [-0.25, -0.2) is 14.4 Å². The predicted octanol–water partition coefficient (Wildman–Crippen LogP) is 16.5. The molecule has 97 heavy (non-hydrogen) atoms. The summed E-state index contributed by atoms with van der Waals surface area (Å²) in [5.41, 5.74) is 17.5. The fraction of sp³-hybridized carbons (Fsp3) is 0.149. The average molecular weight is 1360 g/mol. The number of carbonyl (C=O) groups is 3. The summed E-state index contributed by atoms with van der Waals surface area (Å²) >= 11 is 18.7. The van der Waals surface area contributed by atoms with Gasteiger partial charge in [-0.15, -0.1) is 0 Å². The zero-order valence-corrected chi connectivity index (χ0v) is 55.2. The van der Waals surface area contributed by atoms with Crippen LogP contribution in [0.25, 0.3) is 32.7 Å². The lowest BCUT2D eigenvalue weighted by atomic mass is 10.0. The van der Waals surface area contributed by atoms with E-state index in [1.165, 1.54) is 37.2 Å². The van der Waals surface area contributed by atoms with Crippen LogP contribution in [0.5, 0.6) is 17.2 Å². The number of nitrogens with zero attached hydrogens (tertiary/aromatic N) is 6. The van der Waals surface area contributed by atoms with Crippen molar-refractivity contribution in [3.63, 3.8) is 0 Å². The molecule has 6 aromatic carbocycles. The van der Waals surface area contributed by atoms with Crippen LogP contribution in [0, 0.1) is 0 Å². The number of urea groups is 2. The number of aromatic nitrogens is 6. The molecular formula is C74H69Cl3N12O8. The van der Waals surface area contributed by atoms with Crippen molar-refractivity contribution >= 4 is 103 Å². The van der Waals surface area contributed by atoms with Crippen molar-refractivity contribution in [3.8, 4) is 17.2 Å². The highest BCUT2D eigenvalue weighted by atomic mass is 35.5. The third-order valence-electron chi connectivity index (χ3n) is 14.3. The number of hydrogen-bond donors (Lipinski definition) is 8. The van der Waals surface area contributed by atoms with E-state index >= 15 is 0 Å². The molecule has 20 nitrogen and oxygen atoms in total. The van der Waals surface area contributed by atoms with E-state index in [9.17, 15) is 24.6 Å². The van der Waals surface area contributed by atoms with Gasteiger partial charge in [0.15, 0.2) is 17.2 Å². The van der Waals surface area contributed by atoms with Crippen LogP contribution in [0.3, 0.4) is 0 Å². The Morgan fingerprint density at radius 1 is 0.485 bits per heavy atom. The van der Waals surface area contributed by atoms with Crippen molar-refractivity contribution in [2.75, 3.05) is 29.6 Å². The van der Waals surface area contributed by atoms with Crippen molar-refractivity contribution < 1.29 is 38.8 Å². The topological polar surface area (TPSA) is 297 Å². The van der Waals surface area contributed by atoms with Gasteiger partial charge in [0.1, 0.15) is 22.2 Å². The Balaban J connectivity index is 0.000000159. The van der Waals surface area contributed by atoms with Crippen LogP contribution in [0.4, 0.5) is 31.4 Å². The van der Waals surface area contributed by atoms with Gasteiger partial charge < -0.3 is 57.2 Å². The van der Waals surface area contributed by atoms with Gasteiger partial charge in [0, 0.05) is 66.6 Å². The number of pyridine rings is 6.